The predicted octanol–water partition coefficient (Wildman–Crippen LogP) is 7.52. The number of carbonyl (C=O) groups is 1. The first-order valence-electron chi connectivity index (χ1n) is 9.24. The van der Waals surface area contributed by atoms with Crippen molar-refractivity contribution >= 4 is 17.6 Å². The molecule has 0 rings (SSSR count). The van der Waals surface area contributed by atoms with Gasteiger partial charge in [-0.05, 0) is 12.0 Å². The summed E-state index contributed by atoms with van der Waals surface area (Å²) < 4.78 is 4.67. The number of carbonyl (C=O) groups excluding carboxylic acids is 1. The van der Waals surface area contributed by atoms with Crippen LogP contribution in [0.25, 0.3) is 0 Å². The third-order valence-corrected chi connectivity index (χ3v) is 3.70. The SMILES string of the molecule is C=CCl.C=COC(=O)CCCCCCCCCCCCCCC. The molecule has 3 heteroatoms. The maximum absolute atomic E-state index is 11.1. The zero-order valence-corrected chi connectivity index (χ0v) is 15.9. The van der Waals surface area contributed by atoms with Gasteiger partial charge in [0.1, 0.15) is 0 Å². The molecule has 0 aliphatic carbocycles. The van der Waals surface area contributed by atoms with Crippen molar-refractivity contribution in [3.05, 3.63) is 25.0 Å². The third kappa shape index (κ3) is 26.5. The Hall–Kier alpha value is -0.760. The lowest BCUT2D eigenvalue weighted by Crippen LogP contribution is -1.98. The van der Waals surface area contributed by atoms with Crippen molar-refractivity contribution in [3.8, 4) is 0 Å². The predicted molar refractivity (Wildman–Crippen MR) is 103 cm³/mol. The van der Waals surface area contributed by atoms with Crippen LogP contribution in [0.5, 0.6) is 0 Å². The van der Waals surface area contributed by atoms with Gasteiger partial charge in [0.25, 0.3) is 0 Å². The molecule has 0 aliphatic heterocycles. The van der Waals surface area contributed by atoms with E-state index in [2.05, 4.69) is 24.8 Å². The molecule has 136 valence electrons. The van der Waals surface area contributed by atoms with Crippen LogP contribution < -0.4 is 0 Å². The molecule has 23 heavy (non-hydrogen) atoms. The molecular formula is C20H37ClO2. The van der Waals surface area contributed by atoms with Gasteiger partial charge in [0.05, 0.1) is 6.26 Å². The molecule has 0 N–H and O–H groups in total. The lowest BCUT2D eigenvalue weighted by atomic mass is 10.0. The minimum Gasteiger partial charge on any atom is -0.435 e. The summed E-state index contributed by atoms with van der Waals surface area (Å²) in [5, 5.41) is 0. The van der Waals surface area contributed by atoms with Crippen LogP contribution in [0.3, 0.4) is 0 Å². The van der Waals surface area contributed by atoms with Crippen LogP contribution in [0.1, 0.15) is 96.8 Å². The summed E-state index contributed by atoms with van der Waals surface area (Å²) in [4.78, 5) is 11.1. The second-order valence-electron chi connectivity index (χ2n) is 5.80. The maximum atomic E-state index is 11.1. The maximum Gasteiger partial charge on any atom is 0.310 e. The highest BCUT2D eigenvalue weighted by atomic mass is 35.5. The second-order valence-corrected chi connectivity index (χ2v) is 6.11. The Labute approximate surface area is 149 Å². The quantitative estimate of drug-likeness (QED) is 0.174. The van der Waals surface area contributed by atoms with Gasteiger partial charge in [-0.15, -0.1) is 0 Å². The lowest BCUT2D eigenvalue weighted by molar-refractivity contribution is -0.138. The normalized spacial score (nSPS) is 9.65. The van der Waals surface area contributed by atoms with E-state index in [4.69, 9.17) is 11.6 Å². The molecule has 0 radical (unpaired) electrons. The average molecular weight is 345 g/mol. The first-order chi connectivity index (χ1) is 11.2. The van der Waals surface area contributed by atoms with Gasteiger partial charge in [0.2, 0.25) is 0 Å². The molecule has 0 aromatic heterocycles. The highest BCUT2D eigenvalue weighted by Crippen LogP contribution is 2.13. The van der Waals surface area contributed by atoms with E-state index in [1.807, 2.05) is 0 Å². The number of halogens is 1. The number of ether oxygens (including phenoxy) is 1. The van der Waals surface area contributed by atoms with Crippen molar-refractivity contribution in [1.29, 1.82) is 0 Å². The second kappa shape index (κ2) is 23.5. The van der Waals surface area contributed by atoms with E-state index >= 15 is 0 Å². The van der Waals surface area contributed by atoms with Gasteiger partial charge in [0.15, 0.2) is 0 Å². The summed E-state index contributed by atoms with van der Waals surface area (Å²) in [5.41, 5.74) is 1.22. The fourth-order valence-corrected chi connectivity index (χ4v) is 2.44. The Balaban J connectivity index is 0. The molecule has 0 fully saturated rings. The Morgan fingerprint density at radius 2 is 1.17 bits per heavy atom. The van der Waals surface area contributed by atoms with Crippen molar-refractivity contribution in [1.82, 2.24) is 0 Å². The largest absolute Gasteiger partial charge is 0.435 e. The summed E-state index contributed by atoms with van der Waals surface area (Å²) in [5.74, 6) is -0.150. The molecule has 0 unspecified atom stereocenters. The van der Waals surface area contributed by atoms with Gasteiger partial charge in [-0.3, -0.25) is 4.79 Å². The highest BCUT2D eigenvalue weighted by Gasteiger charge is 1.99. The summed E-state index contributed by atoms with van der Waals surface area (Å²) in [6, 6.07) is 0. The summed E-state index contributed by atoms with van der Waals surface area (Å²) in [6.45, 7) is 8.76. The Kier molecular flexibility index (Phi) is 25.0. The van der Waals surface area contributed by atoms with Crippen LogP contribution in [0.15, 0.2) is 25.0 Å². The highest BCUT2D eigenvalue weighted by molar-refractivity contribution is 6.25. The lowest BCUT2D eigenvalue weighted by Gasteiger charge is -2.03. The molecule has 0 saturated heterocycles. The van der Waals surface area contributed by atoms with E-state index < -0.39 is 0 Å². The molecule has 0 aromatic carbocycles. The molecule has 0 bridgehead atoms. The topological polar surface area (TPSA) is 26.3 Å². The molecule has 2 nitrogen and oxygen atoms in total. The fraction of sp³-hybridized carbons (Fsp3) is 0.750. The van der Waals surface area contributed by atoms with E-state index in [1.54, 1.807) is 0 Å². The zero-order valence-electron chi connectivity index (χ0n) is 15.2. The Morgan fingerprint density at radius 3 is 1.52 bits per heavy atom. The van der Waals surface area contributed by atoms with Crippen LogP contribution in [0.4, 0.5) is 0 Å². The Morgan fingerprint density at radius 1 is 0.826 bits per heavy atom. The van der Waals surface area contributed by atoms with Gasteiger partial charge in [0, 0.05) is 6.42 Å². The van der Waals surface area contributed by atoms with E-state index in [-0.39, 0.29) is 5.97 Å². The fourth-order valence-electron chi connectivity index (χ4n) is 2.44. The smallest absolute Gasteiger partial charge is 0.310 e. The summed E-state index contributed by atoms with van der Waals surface area (Å²) >= 11 is 4.76. The van der Waals surface area contributed by atoms with Gasteiger partial charge in [-0.1, -0.05) is 109 Å². The van der Waals surface area contributed by atoms with Crippen LogP contribution in [-0.4, -0.2) is 5.97 Å². The number of esters is 1. The minimum absolute atomic E-state index is 0.150. The molecule has 0 heterocycles. The summed E-state index contributed by atoms with van der Waals surface area (Å²) in [6.07, 6.45) is 19.0. The number of unbranched alkanes of at least 4 members (excludes halogenated alkanes) is 12. The number of hydrogen-bond donors (Lipinski definition) is 0. The van der Waals surface area contributed by atoms with Crippen molar-refractivity contribution < 1.29 is 9.53 Å². The standard InChI is InChI=1S/C18H34O2.C2H3Cl/c1-3-5-6-7-8-9-10-11-12-13-14-15-16-17-18(19)20-4-2;1-2-3/h4H,2-3,5-17H2,1H3;2H,1H2. The van der Waals surface area contributed by atoms with E-state index in [0.717, 1.165) is 12.8 Å². The van der Waals surface area contributed by atoms with E-state index in [0.29, 0.717) is 6.42 Å². The molecule has 0 spiro atoms. The molecule has 0 aromatic rings. The van der Waals surface area contributed by atoms with E-state index in [9.17, 15) is 4.79 Å². The monoisotopic (exact) mass is 344 g/mol. The number of hydrogen-bond acceptors (Lipinski definition) is 2. The van der Waals surface area contributed by atoms with Crippen molar-refractivity contribution in [3.63, 3.8) is 0 Å². The minimum atomic E-state index is -0.150. The molecule has 0 saturated carbocycles. The molecular weight excluding hydrogens is 308 g/mol. The molecule has 0 atom stereocenters. The van der Waals surface area contributed by atoms with Gasteiger partial charge in [-0.25, -0.2) is 0 Å². The van der Waals surface area contributed by atoms with Crippen LogP contribution in [0.2, 0.25) is 0 Å². The first kappa shape index (κ1) is 24.5. The van der Waals surface area contributed by atoms with Crippen molar-refractivity contribution in [2.45, 2.75) is 96.8 Å². The van der Waals surface area contributed by atoms with E-state index in [1.165, 1.54) is 82.4 Å². The van der Waals surface area contributed by atoms with Gasteiger partial charge < -0.3 is 4.74 Å². The van der Waals surface area contributed by atoms with Gasteiger partial charge in [-0.2, -0.15) is 0 Å². The zero-order chi connectivity index (χ0) is 17.6. The average Bonchev–Trinajstić information content (AvgIpc) is 2.53. The third-order valence-electron chi connectivity index (χ3n) is 3.70. The number of rotatable bonds is 15. The molecule has 0 aliphatic rings. The van der Waals surface area contributed by atoms with Crippen LogP contribution >= 0.6 is 11.6 Å². The molecule has 0 amide bonds. The summed E-state index contributed by atoms with van der Waals surface area (Å²) in [7, 11) is 0. The Bertz CT molecular complexity index is 264. The first-order valence-corrected chi connectivity index (χ1v) is 9.68. The van der Waals surface area contributed by atoms with Crippen LogP contribution in [-0.2, 0) is 9.53 Å². The van der Waals surface area contributed by atoms with Crippen molar-refractivity contribution in [2.24, 2.45) is 0 Å². The van der Waals surface area contributed by atoms with Crippen LogP contribution in [0, 0.1) is 0 Å². The van der Waals surface area contributed by atoms with Crippen molar-refractivity contribution in [2.75, 3.05) is 0 Å². The van der Waals surface area contributed by atoms with Gasteiger partial charge >= 0.3 is 5.97 Å².